The smallest absolute Gasteiger partial charge is 0.284 e. The number of nitrogens with zero attached hydrogens (tertiary/aromatic N) is 1. The number of carbonyl (C=O) groups excluding carboxylic acids is 1. The molecule has 0 unspecified atom stereocenters. The highest BCUT2D eigenvalue weighted by molar-refractivity contribution is 5.92. The van der Waals surface area contributed by atoms with E-state index in [1.54, 1.807) is 0 Å². The lowest BCUT2D eigenvalue weighted by atomic mass is 10.3. The number of amides is 1. The van der Waals surface area contributed by atoms with Gasteiger partial charge in [-0.2, -0.15) is 0 Å². The second kappa shape index (κ2) is 2.55. The molecule has 66 valence electrons. The van der Waals surface area contributed by atoms with Crippen LogP contribution in [0.1, 0.15) is 10.6 Å². The summed E-state index contributed by atoms with van der Waals surface area (Å²) < 4.78 is 12.7. The van der Waals surface area contributed by atoms with Crippen molar-refractivity contribution in [2.45, 2.75) is 0 Å². The average molecular weight is 179 g/mol. The Morgan fingerprint density at radius 3 is 3.00 bits per heavy atom. The SMILES string of the molecule is NC(=O)c1nc2cc(F)ccc2[nH]1. The first kappa shape index (κ1) is 7.72. The molecule has 0 saturated carbocycles. The maximum Gasteiger partial charge on any atom is 0.284 e. The molecule has 0 aliphatic rings. The van der Waals surface area contributed by atoms with E-state index in [2.05, 4.69) is 9.97 Å². The number of hydrogen-bond donors (Lipinski definition) is 2. The molecule has 0 saturated heterocycles. The van der Waals surface area contributed by atoms with E-state index in [1.165, 1.54) is 18.2 Å². The Kier molecular flexibility index (Phi) is 1.51. The number of carbonyl (C=O) groups is 1. The van der Waals surface area contributed by atoms with E-state index in [0.717, 1.165) is 0 Å². The van der Waals surface area contributed by atoms with Gasteiger partial charge in [0, 0.05) is 6.07 Å². The van der Waals surface area contributed by atoms with Gasteiger partial charge >= 0.3 is 0 Å². The van der Waals surface area contributed by atoms with Gasteiger partial charge in [0.25, 0.3) is 5.91 Å². The van der Waals surface area contributed by atoms with Gasteiger partial charge in [-0.15, -0.1) is 0 Å². The van der Waals surface area contributed by atoms with Crippen molar-refractivity contribution in [1.29, 1.82) is 0 Å². The van der Waals surface area contributed by atoms with Crippen molar-refractivity contribution < 1.29 is 9.18 Å². The molecule has 0 spiro atoms. The number of primary amides is 1. The maximum atomic E-state index is 12.7. The van der Waals surface area contributed by atoms with Gasteiger partial charge in [0.15, 0.2) is 5.82 Å². The summed E-state index contributed by atoms with van der Waals surface area (Å²) in [5, 5.41) is 0. The van der Waals surface area contributed by atoms with Crippen molar-refractivity contribution in [3.63, 3.8) is 0 Å². The number of nitrogens with one attached hydrogen (secondary N) is 1. The fourth-order valence-electron chi connectivity index (χ4n) is 1.10. The van der Waals surface area contributed by atoms with E-state index in [-0.39, 0.29) is 5.82 Å². The Hall–Kier alpha value is -1.91. The van der Waals surface area contributed by atoms with Crippen LogP contribution in [-0.4, -0.2) is 15.9 Å². The third-order valence-corrected chi connectivity index (χ3v) is 1.68. The molecule has 1 amide bonds. The van der Waals surface area contributed by atoms with Crippen LogP contribution in [0.15, 0.2) is 18.2 Å². The predicted molar refractivity (Wildman–Crippen MR) is 44.6 cm³/mol. The van der Waals surface area contributed by atoms with E-state index >= 15 is 0 Å². The quantitative estimate of drug-likeness (QED) is 0.679. The number of benzene rings is 1. The van der Waals surface area contributed by atoms with Gasteiger partial charge in [0.2, 0.25) is 0 Å². The zero-order valence-electron chi connectivity index (χ0n) is 6.54. The third kappa shape index (κ3) is 1.24. The van der Waals surface area contributed by atoms with Crippen LogP contribution in [0, 0.1) is 5.82 Å². The van der Waals surface area contributed by atoms with Gasteiger partial charge in [0.1, 0.15) is 5.82 Å². The first-order valence-electron chi connectivity index (χ1n) is 3.62. The van der Waals surface area contributed by atoms with E-state index in [9.17, 15) is 9.18 Å². The zero-order valence-corrected chi connectivity index (χ0v) is 6.54. The van der Waals surface area contributed by atoms with Crippen molar-refractivity contribution >= 4 is 16.9 Å². The summed E-state index contributed by atoms with van der Waals surface area (Å²) in [5.41, 5.74) is 5.98. The molecular formula is C8H6FN3O. The number of rotatable bonds is 1. The molecule has 0 fully saturated rings. The molecule has 0 bridgehead atoms. The predicted octanol–water partition coefficient (Wildman–Crippen LogP) is 0.801. The minimum Gasteiger partial charge on any atom is -0.363 e. The number of aromatic amines is 1. The average Bonchev–Trinajstić information content (AvgIpc) is 2.46. The van der Waals surface area contributed by atoms with E-state index in [1.807, 2.05) is 0 Å². The Morgan fingerprint density at radius 2 is 2.31 bits per heavy atom. The topological polar surface area (TPSA) is 71.8 Å². The second-order valence-corrected chi connectivity index (χ2v) is 2.61. The van der Waals surface area contributed by atoms with Crippen LogP contribution in [0.25, 0.3) is 11.0 Å². The Balaban J connectivity index is 2.68. The van der Waals surface area contributed by atoms with Gasteiger partial charge in [-0.3, -0.25) is 4.79 Å². The van der Waals surface area contributed by atoms with Gasteiger partial charge in [-0.05, 0) is 12.1 Å². The van der Waals surface area contributed by atoms with Crippen molar-refractivity contribution in [3.05, 3.63) is 29.8 Å². The molecule has 2 aromatic rings. The fourth-order valence-corrected chi connectivity index (χ4v) is 1.10. The Labute approximate surface area is 72.6 Å². The molecule has 3 N–H and O–H groups in total. The van der Waals surface area contributed by atoms with Crippen molar-refractivity contribution in [1.82, 2.24) is 9.97 Å². The molecule has 0 radical (unpaired) electrons. The molecule has 0 aliphatic carbocycles. The largest absolute Gasteiger partial charge is 0.363 e. The molecule has 13 heavy (non-hydrogen) atoms. The number of aromatic nitrogens is 2. The van der Waals surface area contributed by atoms with Crippen molar-refractivity contribution in [2.24, 2.45) is 5.73 Å². The van der Waals surface area contributed by atoms with E-state index in [4.69, 9.17) is 5.73 Å². The van der Waals surface area contributed by atoms with Crippen LogP contribution in [0.2, 0.25) is 0 Å². The number of imidazole rings is 1. The van der Waals surface area contributed by atoms with Crippen LogP contribution in [0.3, 0.4) is 0 Å². The van der Waals surface area contributed by atoms with E-state index in [0.29, 0.717) is 11.0 Å². The molecule has 1 heterocycles. The lowest BCUT2D eigenvalue weighted by Crippen LogP contribution is -2.12. The Bertz CT molecular complexity index is 477. The number of halogens is 1. The first-order chi connectivity index (χ1) is 6.16. The molecule has 5 heteroatoms. The molecule has 2 rings (SSSR count). The number of nitrogens with two attached hydrogens (primary N) is 1. The van der Waals surface area contributed by atoms with Crippen LogP contribution in [0.5, 0.6) is 0 Å². The summed E-state index contributed by atoms with van der Waals surface area (Å²) in [6.45, 7) is 0. The monoisotopic (exact) mass is 179 g/mol. The summed E-state index contributed by atoms with van der Waals surface area (Å²) in [7, 11) is 0. The minimum absolute atomic E-state index is 0.0422. The summed E-state index contributed by atoms with van der Waals surface area (Å²) in [6, 6.07) is 4.02. The zero-order chi connectivity index (χ0) is 9.42. The van der Waals surface area contributed by atoms with Crippen molar-refractivity contribution in [2.75, 3.05) is 0 Å². The van der Waals surface area contributed by atoms with Crippen LogP contribution in [-0.2, 0) is 0 Å². The maximum absolute atomic E-state index is 12.7. The number of fused-ring (bicyclic) bond motifs is 1. The first-order valence-corrected chi connectivity index (χ1v) is 3.62. The van der Waals surface area contributed by atoms with Crippen LogP contribution < -0.4 is 5.73 Å². The Morgan fingerprint density at radius 1 is 1.54 bits per heavy atom. The summed E-state index contributed by atoms with van der Waals surface area (Å²) in [4.78, 5) is 17.2. The molecule has 1 aromatic carbocycles. The summed E-state index contributed by atoms with van der Waals surface area (Å²) >= 11 is 0. The molecule has 0 atom stereocenters. The highest BCUT2D eigenvalue weighted by Gasteiger charge is 2.07. The van der Waals surface area contributed by atoms with Gasteiger partial charge < -0.3 is 10.7 Å². The summed E-state index contributed by atoms with van der Waals surface area (Å²) in [6.07, 6.45) is 0. The fraction of sp³-hybridized carbons (Fsp3) is 0. The van der Waals surface area contributed by atoms with E-state index < -0.39 is 11.7 Å². The highest BCUT2D eigenvalue weighted by atomic mass is 19.1. The van der Waals surface area contributed by atoms with Crippen LogP contribution >= 0.6 is 0 Å². The van der Waals surface area contributed by atoms with Gasteiger partial charge in [-0.25, -0.2) is 9.37 Å². The molecule has 1 aromatic heterocycles. The number of H-pyrrole nitrogens is 1. The van der Waals surface area contributed by atoms with Crippen molar-refractivity contribution in [3.8, 4) is 0 Å². The van der Waals surface area contributed by atoms with Gasteiger partial charge in [0.05, 0.1) is 11.0 Å². The molecule has 0 aliphatic heterocycles. The summed E-state index contributed by atoms with van der Waals surface area (Å²) in [5.74, 6) is -1.01. The minimum atomic E-state index is -0.656. The third-order valence-electron chi connectivity index (χ3n) is 1.68. The lowest BCUT2D eigenvalue weighted by Gasteiger charge is -1.85. The molecule has 4 nitrogen and oxygen atoms in total. The standard InChI is InChI=1S/C8H6FN3O/c9-4-1-2-5-6(3-4)12-8(11-5)7(10)13/h1-3H,(H2,10,13)(H,11,12). The van der Waals surface area contributed by atoms with Crippen LogP contribution in [0.4, 0.5) is 4.39 Å². The lowest BCUT2D eigenvalue weighted by molar-refractivity contribution is 0.0991. The molecular weight excluding hydrogens is 173 g/mol. The van der Waals surface area contributed by atoms with Gasteiger partial charge in [-0.1, -0.05) is 0 Å². The second-order valence-electron chi connectivity index (χ2n) is 2.61. The number of hydrogen-bond acceptors (Lipinski definition) is 2. The highest BCUT2D eigenvalue weighted by Crippen LogP contribution is 2.12. The normalized spacial score (nSPS) is 10.5.